The van der Waals surface area contributed by atoms with Gasteiger partial charge in [-0.15, -0.1) is 0 Å². The Morgan fingerprint density at radius 3 is 2.89 bits per heavy atom. The maximum Gasteiger partial charge on any atom is 0.433 e. The van der Waals surface area contributed by atoms with E-state index >= 15 is 0 Å². The van der Waals surface area contributed by atoms with E-state index in [-0.39, 0.29) is 5.88 Å². The van der Waals surface area contributed by atoms with Crippen molar-refractivity contribution in [2.75, 3.05) is 0 Å². The van der Waals surface area contributed by atoms with Crippen molar-refractivity contribution in [2.45, 2.75) is 51.6 Å². The Balaban J connectivity index is 1.87. The average Bonchev–Trinajstić information content (AvgIpc) is 2.72. The molecule has 0 aromatic carbocycles. The van der Waals surface area contributed by atoms with Crippen molar-refractivity contribution in [1.29, 1.82) is 0 Å². The van der Waals surface area contributed by atoms with Gasteiger partial charge in [0.1, 0.15) is 10.7 Å². The molecule has 0 amide bonds. The molecule has 1 heterocycles. The Hall–Kier alpha value is -1.36. The van der Waals surface area contributed by atoms with Gasteiger partial charge >= 0.3 is 5.88 Å². The van der Waals surface area contributed by atoms with Crippen LogP contribution in [-0.2, 0) is 6.54 Å². The third-order valence-corrected chi connectivity index (χ3v) is 3.73. The van der Waals surface area contributed by atoms with Crippen molar-refractivity contribution in [2.24, 2.45) is 5.92 Å². The fourth-order valence-corrected chi connectivity index (χ4v) is 2.59. The molecule has 1 aromatic heterocycles. The highest BCUT2D eigenvalue weighted by Crippen LogP contribution is 2.23. The average molecular weight is 252 g/mol. The second-order valence-corrected chi connectivity index (χ2v) is 5.10. The van der Waals surface area contributed by atoms with E-state index in [2.05, 4.69) is 12.2 Å². The number of nitro groups is 1. The maximum atomic E-state index is 10.5. The number of nitrogens with one attached hydrogen (secondary N) is 1. The van der Waals surface area contributed by atoms with Crippen LogP contribution in [0.2, 0.25) is 0 Å². The molecule has 1 saturated carbocycles. The Morgan fingerprint density at radius 1 is 1.39 bits per heavy atom. The first-order valence-electron chi connectivity index (χ1n) is 6.63. The molecule has 1 aliphatic rings. The van der Waals surface area contributed by atoms with Crippen LogP contribution in [0, 0.1) is 16.0 Å². The molecular formula is C13H20N2O3. The zero-order chi connectivity index (χ0) is 13.0. The molecule has 100 valence electrons. The van der Waals surface area contributed by atoms with Crippen LogP contribution in [0.3, 0.4) is 0 Å². The molecule has 1 fully saturated rings. The van der Waals surface area contributed by atoms with Gasteiger partial charge in [0.05, 0.1) is 12.6 Å². The summed E-state index contributed by atoms with van der Waals surface area (Å²) in [5.74, 6) is 1.12. The van der Waals surface area contributed by atoms with Crippen LogP contribution >= 0.6 is 0 Å². The van der Waals surface area contributed by atoms with Crippen molar-refractivity contribution in [3.05, 3.63) is 28.0 Å². The topological polar surface area (TPSA) is 68.3 Å². The highest BCUT2D eigenvalue weighted by molar-refractivity contribution is 5.17. The normalized spacial score (nSPS) is 24.7. The number of hydrogen-bond acceptors (Lipinski definition) is 4. The first-order chi connectivity index (χ1) is 8.66. The van der Waals surface area contributed by atoms with E-state index in [9.17, 15) is 10.1 Å². The monoisotopic (exact) mass is 252 g/mol. The third-order valence-electron chi connectivity index (χ3n) is 3.73. The summed E-state index contributed by atoms with van der Waals surface area (Å²) in [7, 11) is 0. The van der Waals surface area contributed by atoms with Crippen LogP contribution in [0.1, 0.15) is 44.8 Å². The molecule has 1 N–H and O–H groups in total. The lowest BCUT2D eigenvalue weighted by Gasteiger charge is -2.22. The van der Waals surface area contributed by atoms with E-state index in [1.807, 2.05) is 0 Å². The van der Waals surface area contributed by atoms with Gasteiger partial charge in [-0.05, 0) is 24.8 Å². The molecule has 5 nitrogen and oxygen atoms in total. The van der Waals surface area contributed by atoms with Gasteiger partial charge in [-0.1, -0.05) is 26.2 Å². The van der Waals surface area contributed by atoms with Crippen molar-refractivity contribution in [1.82, 2.24) is 5.32 Å². The standard InChI is InChI=1S/C13H20N2O3/c1-10-5-3-2-4-6-12(10)14-9-11-7-8-13(18-11)15(16)17/h7-8,10,12,14H,2-6,9H2,1H3. The molecule has 0 radical (unpaired) electrons. The lowest BCUT2D eigenvalue weighted by Crippen LogP contribution is -2.33. The molecule has 2 unspecified atom stereocenters. The highest BCUT2D eigenvalue weighted by atomic mass is 16.6. The smallest absolute Gasteiger partial charge is 0.404 e. The van der Waals surface area contributed by atoms with Gasteiger partial charge in [-0.2, -0.15) is 0 Å². The predicted molar refractivity (Wildman–Crippen MR) is 68.2 cm³/mol. The van der Waals surface area contributed by atoms with Gasteiger partial charge in [0.2, 0.25) is 0 Å². The molecule has 18 heavy (non-hydrogen) atoms. The van der Waals surface area contributed by atoms with E-state index in [1.54, 1.807) is 6.07 Å². The van der Waals surface area contributed by atoms with Crippen LogP contribution in [0.5, 0.6) is 0 Å². The third kappa shape index (κ3) is 3.32. The highest BCUT2D eigenvalue weighted by Gasteiger charge is 2.20. The minimum absolute atomic E-state index is 0.180. The zero-order valence-corrected chi connectivity index (χ0v) is 10.7. The largest absolute Gasteiger partial charge is 0.433 e. The van der Waals surface area contributed by atoms with Gasteiger partial charge in [0, 0.05) is 6.04 Å². The molecule has 2 atom stereocenters. The molecule has 2 rings (SSSR count). The molecule has 0 spiro atoms. The van der Waals surface area contributed by atoms with E-state index in [0.29, 0.717) is 24.3 Å². The summed E-state index contributed by atoms with van der Waals surface area (Å²) in [6.07, 6.45) is 6.33. The van der Waals surface area contributed by atoms with E-state index < -0.39 is 4.92 Å². The van der Waals surface area contributed by atoms with Gasteiger partial charge in [0.15, 0.2) is 0 Å². The molecule has 0 saturated heterocycles. The van der Waals surface area contributed by atoms with Crippen LogP contribution in [0.15, 0.2) is 16.5 Å². The van der Waals surface area contributed by atoms with Crippen molar-refractivity contribution >= 4 is 5.88 Å². The zero-order valence-electron chi connectivity index (χ0n) is 10.7. The lowest BCUT2D eigenvalue weighted by molar-refractivity contribution is -0.402. The summed E-state index contributed by atoms with van der Waals surface area (Å²) in [4.78, 5) is 10.0. The molecule has 0 aliphatic heterocycles. The van der Waals surface area contributed by atoms with E-state index in [4.69, 9.17) is 4.42 Å². The second kappa shape index (κ2) is 6.00. The van der Waals surface area contributed by atoms with Crippen LogP contribution in [-0.4, -0.2) is 11.0 Å². The minimum atomic E-state index is -0.502. The van der Waals surface area contributed by atoms with E-state index in [1.165, 1.54) is 38.2 Å². The fraction of sp³-hybridized carbons (Fsp3) is 0.692. The lowest BCUT2D eigenvalue weighted by atomic mass is 9.97. The first kappa shape index (κ1) is 13.1. The summed E-state index contributed by atoms with van der Waals surface area (Å²) < 4.78 is 5.14. The van der Waals surface area contributed by atoms with E-state index in [0.717, 1.165) is 0 Å². The second-order valence-electron chi connectivity index (χ2n) is 5.10. The molecule has 5 heteroatoms. The Morgan fingerprint density at radius 2 is 2.17 bits per heavy atom. The van der Waals surface area contributed by atoms with Crippen LogP contribution < -0.4 is 5.32 Å². The van der Waals surface area contributed by atoms with Crippen molar-refractivity contribution in [3.8, 4) is 0 Å². The Labute approximate surface area is 107 Å². The Kier molecular flexibility index (Phi) is 4.36. The molecule has 1 aliphatic carbocycles. The van der Waals surface area contributed by atoms with Gasteiger partial charge < -0.3 is 9.73 Å². The minimum Gasteiger partial charge on any atom is -0.404 e. The number of nitrogens with zero attached hydrogens (tertiary/aromatic N) is 1. The quantitative estimate of drug-likeness (QED) is 0.507. The predicted octanol–water partition coefficient (Wildman–Crippen LogP) is 3.25. The summed E-state index contributed by atoms with van der Waals surface area (Å²) in [5.41, 5.74) is 0. The summed E-state index contributed by atoms with van der Waals surface area (Å²) in [6.45, 7) is 2.84. The fourth-order valence-electron chi connectivity index (χ4n) is 2.59. The summed E-state index contributed by atoms with van der Waals surface area (Å²) >= 11 is 0. The van der Waals surface area contributed by atoms with Gasteiger partial charge in [0.25, 0.3) is 0 Å². The maximum absolute atomic E-state index is 10.5. The van der Waals surface area contributed by atoms with Gasteiger partial charge in [-0.3, -0.25) is 10.1 Å². The molecule has 0 bridgehead atoms. The SMILES string of the molecule is CC1CCCCCC1NCc1ccc([N+](=O)[O-])o1. The van der Waals surface area contributed by atoms with Gasteiger partial charge in [-0.25, -0.2) is 0 Å². The van der Waals surface area contributed by atoms with Crippen molar-refractivity contribution in [3.63, 3.8) is 0 Å². The number of rotatable bonds is 4. The Bertz CT molecular complexity index is 403. The number of hydrogen-bond donors (Lipinski definition) is 1. The summed E-state index contributed by atoms with van der Waals surface area (Å²) in [6, 6.07) is 3.58. The molecular weight excluding hydrogens is 232 g/mol. The van der Waals surface area contributed by atoms with Crippen LogP contribution in [0.4, 0.5) is 5.88 Å². The summed E-state index contributed by atoms with van der Waals surface area (Å²) in [5, 5.41) is 14.0. The van der Waals surface area contributed by atoms with Crippen molar-refractivity contribution < 1.29 is 9.34 Å². The molecule has 1 aromatic rings. The first-order valence-corrected chi connectivity index (χ1v) is 6.63. The van der Waals surface area contributed by atoms with Crippen LogP contribution in [0.25, 0.3) is 0 Å². The number of furan rings is 1.